The van der Waals surface area contributed by atoms with Gasteiger partial charge >= 0.3 is 12.0 Å². The Morgan fingerprint density at radius 1 is 1.19 bits per heavy atom. The van der Waals surface area contributed by atoms with Crippen LogP contribution in [0, 0.1) is 0 Å². The van der Waals surface area contributed by atoms with Crippen molar-refractivity contribution in [2.45, 2.75) is 45.6 Å². The van der Waals surface area contributed by atoms with Gasteiger partial charge in [-0.3, -0.25) is 4.79 Å². The average Bonchev–Trinajstić information content (AvgIpc) is 2.95. The van der Waals surface area contributed by atoms with Gasteiger partial charge in [-0.1, -0.05) is 0 Å². The van der Waals surface area contributed by atoms with Gasteiger partial charge in [0.15, 0.2) is 0 Å². The molecule has 0 unspecified atom stereocenters. The first kappa shape index (κ1) is 15.4. The van der Waals surface area contributed by atoms with Crippen LogP contribution in [0.1, 0.15) is 50.5 Å². The number of hydrogen-bond donors (Lipinski definition) is 1. The average molecular weight is 293 g/mol. The summed E-state index contributed by atoms with van der Waals surface area (Å²) in [4.78, 5) is 30.5. The molecule has 1 N–H and O–H groups in total. The molecule has 1 fully saturated rings. The van der Waals surface area contributed by atoms with E-state index in [1.54, 1.807) is 17.0 Å². The molecule has 0 aromatic carbocycles. The molecule has 0 atom stereocenters. The molecule has 0 radical (unpaired) electrons. The van der Waals surface area contributed by atoms with Crippen LogP contribution >= 0.6 is 0 Å². The number of hydrogen-bond acceptors (Lipinski definition) is 3. The summed E-state index contributed by atoms with van der Waals surface area (Å²) in [5.41, 5.74) is 2.50. The quantitative estimate of drug-likeness (QED) is 0.809. The maximum Gasteiger partial charge on any atom is 0.434 e. The second-order valence-electron chi connectivity index (χ2n) is 6.28. The lowest BCUT2D eigenvalue weighted by Gasteiger charge is -2.26. The van der Waals surface area contributed by atoms with Crippen molar-refractivity contribution in [2.24, 2.45) is 0 Å². The van der Waals surface area contributed by atoms with Crippen LogP contribution in [-0.2, 0) is 10.4 Å². The van der Waals surface area contributed by atoms with Crippen molar-refractivity contribution in [2.75, 3.05) is 13.1 Å². The van der Waals surface area contributed by atoms with Crippen LogP contribution in [0.5, 0.6) is 0 Å². The fourth-order valence-corrected chi connectivity index (χ4v) is 2.43. The number of rotatable bonds is 1. The van der Waals surface area contributed by atoms with E-state index in [1.165, 1.54) is 0 Å². The predicted molar refractivity (Wildman–Crippen MR) is 78.8 cm³/mol. The lowest BCUT2D eigenvalue weighted by molar-refractivity contribution is 0.0385. The lowest BCUT2D eigenvalue weighted by Crippen LogP contribution is -2.40. The van der Waals surface area contributed by atoms with Gasteiger partial charge in [-0.05, 0) is 52.2 Å². The Labute approximate surface area is 125 Å². The molecule has 0 saturated carbocycles. The second kappa shape index (κ2) is 6.20. The monoisotopic (exact) mass is 293 g/mol. The molecule has 0 aliphatic carbocycles. The van der Waals surface area contributed by atoms with Gasteiger partial charge in [0.2, 0.25) is 0 Å². The smallest absolute Gasteiger partial charge is 0.338 e. The number of carbonyl (C=O) groups excluding carboxylic acids is 2. The van der Waals surface area contributed by atoms with Crippen LogP contribution < -0.4 is 5.48 Å². The zero-order valence-electron chi connectivity index (χ0n) is 12.9. The minimum atomic E-state index is -0.489. The molecule has 21 heavy (non-hydrogen) atoms. The van der Waals surface area contributed by atoms with Crippen molar-refractivity contribution in [1.29, 1.82) is 0 Å². The third-order valence-electron chi connectivity index (χ3n) is 3.55. The predicted octanol–water partition coefficient (Wildman–Crippen LogP) is 2.51. The Morgan fingerprint density at radius 2 is 1.86 bits per heavy atom. The fraction of sp³-hybridized carbons (Fsp3) is 0.600. The first-order valence-electron chi connectivity index (χ1n) is 7.33. The summed E-state index contributed by atoms with van der Waals surface area (Å²) < 4.78 is 1.84. The molecule has 1 aromatic heterocycles. The Bertz CT molecular complexity index is 510. The number of nitrogens with zero attached hydrogens (tertiary/aromatic N) is 2. The molecule has 116 valence electrons. The van der Waals surface area contributed by atoms with Crippen molar-refractivity contribution < 1.29 is 14.4 Å². The largest absolute Gasteiger partial charge is 0.434 e. The van der Waals surface area contributed by atoms with Gasteiger partial charge in [-0.25, -0.2) is 4.79 Å². The fourth-order valence-electron chi connectivity index (χ4n) is 2.43. The number of amides is 2. The van der Waals surface area contributed by atoms with E-state index in [9.17, 15) is 9.59 Å². The molecule has 6 nitrogen and oxygen atoms in total. The minimum absolute atomic E-state index is 0.215. The minimum Gasteiger partial charge on any atom is -0.338 e. The van der Waals surface area contributed by atoms with E-state index in [2.05, 4.69) is 5.48 Å². The molecule has 1 aliphatic heterocycles. The number of piperidine rings is 1. The van der Waals surface area contributed by atoms with E-state index in [4.69, 9.17) is 4.84 Å². The maximum absolute atomic E-state index is 12.1. The molecule has 0 bridgehead atoms. The summed E-state index contributed by atoms with van der Waals surface area (Å²) in [5.74, 6) is -0.416. The van der Waals surface area contributed by atoms with Gasteiger partial charge in [0.1, 0.15) is 5.69 Å². The third kappa shape index (κ3) is 3.77. The molecule has 1 aromatic rings. The van der Waals surface area contributed by atoms with Gasteiger partial charge in [-0.2, -0.15) is 5.48 Å². The Morgan fingerprint density at radius 3 is 2.48 bits per heavy atom. The van der Waals surface area contributed by atoms with Crippen molar-refractivity contribution >= 4 is 12.0 Å². The van der Waals surface area contributed by atoms with E-state index in [1.807, 2.05) is 31.5 Å². The van der Waals surface area contributed by atoms with Crippen molar-refractivity contribution in [3.8, 4) is 0 Å². The van der Waals surface area contributed by atoms with Crippen molar-refractivity contribution in [3.05, 3.63) is 24.0 Å². The summed E-state index contributed by atoms with van der Waals surface area (Å²) in [7, 11) is 0. The highest BCUT2D eigenvalue weighted by molar-refractivity contribution is 5.92. The first-order valence-corrected chi connectivity index (χ1v) is 7.33. The third-order valence-corrected chi connectivity index (χ3v) is 3.55. The molecule has 0 spiro atoms. The van der Waals surface area contributed by atoms with Gasteiger partial charge in [0.25, 0.3) is 0 Å². The van der Waals surface area contributed by atoms with Gasteiger partial charge in [0, 0.05) is 24.8 Å². The summed E-state index contributed by atoms with van der Waals surface area (Å²) in [6, 6.07) is 3.50. The number of hydroxylamine groups is 1. The van der Waals surface area contributed by atoms with Crippen LogP contribution in [0.2, 0.25) is 0 Å². The Balaban J connectivity index is 1.93. The standard InChI is InChI=1S/C15H23N3O3/c1-15(2,3)18-11-7-8-12(18)13(19)16-21-14(20)17-9-5-4-6-10-17/h7-8,11H,4-6,9-10H2,1-3H3,(H,16,19). The van der Waals surface area contributed by atoms with E-state index in [-0.39, 0.29) is 5.54 Å². The Hall–Kier alpha value is -1.98. The van der Waals surface area contributed by atoms with Gasteiger partial charge in [0.05, 0.1) is 0 Å². The number of likely N-dealkylation sites (tertiary alicyclic amines) is 1. The molecule has 1 saturated heterocycles. The van der Waals surface area contributed by atoms with E-state index < -0.39 is 12.0 Å². The first-order chi connectivity index (χ1) is 9.89. The highest BCUT2D eigenvalue weighted by atomic mass is 16.7. The van der Waals surface area contributed by atoms with Crippen LogP contribution in [0.25, 0.3) is 0 Å². The maximum atomic E-state index is 12.1. The number of nitrogens with one attached hydrogen (secondary N) is 1. The van der Waals surface area contributed by atoms with Crippen LogP contribution in [0.4, 0.5) is 4.79 Å². The van der Waals surface area contributed by atoms with Crippen molar-refractivity contribution in [1.82, 2.24) is 14.9 Å². The van der Waals surface area contributed by atoms with E-state index >= 15 is 0 Å². The molecule has 1 aliphatic rings. The van der Waals surface area contributed by atoms with Crippen LogP contribution in [0.15, 0.2) is 18.3 Å². The second-order valence-corrected chi connectivity index (χ2v) is 6.28. The van der Waals surface area contributed by atoms with Gasteiger partial charge in [-0.15, -0.1) is 0 Å². The number of aromatic nitrogens is 1. The summed E-state index contributed by atoms with van der Waals surface area (Å²) in [6.07, 6.45) is 4.44. The topological polar surface area (TPSA) is 63.6 Å². The molecular formula is C15H23N3O3. The van der Waals surface area contributed by atoms with Gasteiger partial charge < -0.3 is 14.3 Å². The molecule has 2 amide bonds. The molecular weight excluding hydrogens is 270 g/mol. The van der Waals surface area contributed by atoms with Crippen LogP contribution in [0.3, 0.4) is 0 Å². The Kier molecular flexibility index (Phi) is 4.55. The summed E-state index contributed by atoms with van der Waals surface area (Å²) >= 11 is 0. The van der Waals surface area contributed by atoms with E-state index in [0.717, 1.165) is 19.3 Å². The SMILES string of the molecule is CC(C)(C)n1cccc1C(=O)NOC(=O)N1CCCCC1. The molecule has 6 heteroatoms. The lowest BCUT2D eigenvalue weighted by atomic mass is 10.1. The highest BCUT2D eigenvalue weighted by Gasteiger charge is 2.22. The highest BCUT2D eigenvalue weighted by Crippen LogP contribution is 2.17. The van der Waals surface area contributed by atoms with Crippen molar-refractivity contribution in [3.63, 3.8) is 0 Å². The molecule has 2 heterocycles. The molecule has 2 rings (SSSR count). The van der Waals surface area contributed by atoms with E-state index in [0.29, 0.717) is 18.8 Å². The zero-order chi connectivity index (χ0) is 15.5. The summed E-state index contributed by atoms with van der Waals surface area (Å²) in [5, 5.41) is 0. The number of carbonyl (C=O) groups is 2. The zero-order valence-corrected chi connectivity index (χ0v) is 12.9. The summed E-state index contributed by atoms with van der Waals surface area (Å²) in [6.45, 7) is 7.39. The van der Waals surface area contributed by atoms with Crippen LogP contribution in [-0.4, -0.2) is 34.6 Å². The normalized spacial score (nSPS) is 15.7.